The molecule has 0 saturated heterocycles. The number of dihydropyridines is 1. The summed E-state index contributed by atoms with van der Waals surface area (Å²) in [4.78, 5) is 21.7. The number of nitrogens with two attached hydrogens (primary N) is 1. The van der Waals surface area contributed by atoms with Crippen molar-refractivity contribution in [3.05, 3.63) is 70.2 Å². The highest BCUT2D eigenvalue weighted by Gasteiger charge is 2.25. The number of amides is 1. The maximum absolute atomic E-state index is 13.3. The van der Waals surface area contributed by atoms with Crippen molar-refractivity contribution in [2.24, 2.45) is 5.92 Å². The molecular weight excluding hydrogens is 463 g/mol. The molecular formula is C26H31FN6OS. The Morgan fingerprint density at radius 1 is 1.34 bits per heavy atom. The minimum Gasteiger partial charge on any atom is -0.369 e. The van der Waals surface area contributed by atoms with Gasteiger partial charge in [-0.2, -0.15) is 0 Å². The summed E-state index contributed by atoms with van der Waals surface area (Å²) in [6.45, 7) is 3.32. The van der Waals surface area contributed by atoms with Crippen LogP contribution in [0.2, 0.25) is 0 Å². The summed E-state index contributed by atoms with van der Waals surface area (Å²) >= 11 is 1.83. The van der Waals surface area contributed by atoms with Gasteiger partial charge in [-0.15, -0.1) is 11.8 Å². The Kier molecular flexibility index (Phi) is 6.86. The highest BCUT2D eigenvalue weighted by molar-refractivity contribution is 8.03. The summed E-state index contributed by atoms with van der Waals surface area (Å²) in [7, 11) is 0. The molecule has 1 aromatic heterocycles. The molecule has 7 nitrogen and oxygen atoms in total. The Labute approximate surface area is 208 Å². The number of halogens is 1. The average molecular weight is 495 g/mol. The topological polar surface area (TPSA) is 108 Å². The molecule has 0 saturated carbocycles. The molecule has 2 aromatic rings. The lowest BCUT2D eigenvalue weighted by Gasteiger charge is -2.27. The van der Waals surface area contributed by atoms with Gasteiger partial charge in [0.1, 0.15) is 5.82 Å². The van der Waals surface area contributed by atoms with Crippen molar-refractivity contribution in [3.63, 3.8) is 0 Å². The van der Waals surface area contributed by atoms with Crippen LogP contribution in [0.5, 0.6) is 0 Å². The van der Waals surface area contributed by atoms with E-state index in [9.17, 15) is 9.18 Å². The molecule has 9 heteroatoms. The van der Waals surface area contributed by atoms with Crippen LogP contribution in [-0.4, -0.2) is 35.0 Å². The Balaban J connectivity index is 1.18. The number of carbonyl (C=O) groups is 1. The lowest BCUT2D eigenvalue weighted by Crippen LogP contribution is -2.42. The number of hydrogen-bond acceptors (Lipinski definition) is 6. The van der Waals surface area contributed by atoms with E-state index in [0.29, 0.717) is 42.7 Å². The zero-order chi connectivity index (χ0) is 24.4. The second-order valence-corrected chi connectivity index (χ2v) is 10.6. The van der Waals surface area contributed by atoms with Gasteiger partial charge >= 0.3 is 0 Å². The molecule has 1 aromatic carbocycles. The number of carbonyl (C=O) groups excluding carboxylic acids is 1. The molecule has 3 aliphatic rings. The number of aromatic amines is 1. The maximum Gasteiger partial charge on any atom is 0.255 e. The quantitative estimate of drug-likeness (QED) is 0.392. The molecule has 1 amide bonds. The normalized spacial score (nSPS) is 23.0. The Morgan fingerprint density at radius 3 is 3.06 bits per heavy atom. The van der Waals surface area contributed by atoms with Crippen LogP contribution in [0, 0.1) is 5.92 Å². The van der Waals surface area contributed by atoms with Gasteiger partial charge in [0.15, 0.2) is 5.95 Å². The summed E-state index contributed by atoms with van der Waals surface area (Å²) in [6.07, 6.45) is 10.5. The fourth-order valence-corrected chi connectivity index (χ4v) is 5.99. The van der Waals surface area contributed by atoms with Crippen LogP contribution in [0.1, 0.15) is 43.4 Å². The molecule has 0 fully saturated rings. The average Bonchev–Trinajstić information content (AvgIpc) is 3.48. The fraction of sp³-hybridized carbons (Fsp3) is 0.385. The number of fused-ring (bicyclic) bond motifs is 1. The predicted molar refractivity (Wildman–Crippen MR) is 140 cm³/mol. The molecule has 184 valence electrons. The van der Waals surface area contributed by atoms with E-state index < -0.39 is 0 Å². The van der Waals surface area contributed by atoms with Crippen molar-refractivity contribution in [2.75, 3.05) is 18.8 Å². The van der Waals surface area contributed by atoms with Gasteiger partial charge in [-0.25, -0.2) is 9.37 Å². The molecule has 3 heterocycles. The van der Waals surface area contributed by atoms with Gasteiger partial charge in [0, 0.05) is 29.3 Å². The summed E-state index contributed by atoms with van der Waals surface area (Å²) in [5, 5.41) is 10.2. The zero-order valence-electron chi connectivity index (χ0n) is 19.7. The number of hydrogen-bond donors (Lipinski definition) is 5. The zero-order valence-corrected chi connectivity index (χ0v) is 20.6. The first-order valence-electron chi connectivity index (χ1n) is 12.1. The van der Waals surface area contributed by atoms with Crippen molar-refractivity contribution in [1.29, 1.82) is 0 Å². The van der Waals surface area contributed by atoms with Crippen LogP contribution < -0.4 is 21.7 Å². The number of allylic oxidation sites excluding steroid dienone is 3. The van der Waals surface area contributed by atoms with E-state index in [1.807, 2.05) is 36.9 Å². The van der Waals surface area contributed by atoms with E-state index >= 15 is 0 Å². The third-order valence-corrected chi connectivity index (χ3v) is 8.21. The van der Waals surface area contributed by atoms with Crippen molar-refractivity contribution in [2.45, 2.75) is 43.9 Å². The predicted octanol–water partition coefficient (Wildman–Crippen LogP) is 4.33. The number of nitrogens with one attached hydrogen (secondary N) is 4. The highest BCUT2D eigenvalue weighted by Crippen LogP contribution is 2.43. The molecule has 3 atom stereocenters. The number of thioether (sulfide) groups is 1. The molecule has 5 rings (SSSR count). The Morgan fingerprint density at radius 2 is 2.23 bits per heavy atom. The number of nitrogen functional groups attached to an aromatic ring is 1. The number of anilines is 1. The summed E-state index contributed by atoms with van der Waals surface area (Å²) in [5.41, 5.74) is 9.44. The first kappa shape index (κ1) is 23.5. The smallest absolute Gasteiger partial charge is 0.255 e. The van der Waals surface area contributed by atoms with Gasteiger partial charge in [-0.1, -0.05) is 24.3 Å². The van der Waals surface area contributed by atoms with E-state index in [1.165, 1.54) is 10.5 Å². The third-order valence-electron chi connectivity index (χ3n) is 6.85. The Hall–Kier alpha value is -3.20. The minimum absolute atomic E-state index is 0.0210. The molecule has 0 spiro atoms. The number of imidazole rings is 1. The van der Waals surface area contributed by atoms with Crippen molar-refractivity contribution < 1.29 is 9.18 Å². The number of benzene rings is 1. The van der Waals surface area contributed by atoms with Crippen molar-refractivity contribution in [3.8, 4) is 0 Å². The molecule has 0 unspecified atom stereocenters. The van der Waals surface area contributed by atoms with Gasteiger partial charge in [0.25, 0.3) is 5.91 Å². The monoisotopic (exact) mass is 494 g/mol. The number of H-pyrrole nitrogens is 1. The van der Waals surface area contributed by atoms with Crippen molar-refractivity contribution in [1.82, 2.24) is 25.9 Å². The van der Waals surface area contributed by atoms with Gasteiger partial charge in [-0.3, -0.25) is 4.79 Å². The van der Waals surface area contributed by atoms with Crippen LogP contribution in [-0.2, 0) is 4.79 Å². The van der Waals surface area contributed by atoms with E-state index in [4.69, 9.17) is 5.73 Å². The third kappa shape index (κ3) is 5.40. The molecule has 1 aliphatic carbocycles. The van der Waals surface area contributed by atoms with E-state index in [1.54, 1.807) is 6.08 Å². The number of nitrogens with zero attached hydrogens (tertiary/aromatic N) is 1. The van der Waals surface area contributed by atoms with E-state index in [2.05, 4.69) is 44.1 Å². The first-order valence-corrected chi connectivity index (χ1v) is 13.0. The van der Waals surface area contributed by atoms with Crippen LogP contribution >= 0.6 is 11.8 Å². The van der Waals surface area contributed by atoms with Crippen molar-refractivity contribution >= 4 is 34.7 Å². The van der Waals surface area contributed by atoms with Gasteiger partial charge in [-0.05, 0) is 62.3 Å². The van der Waals surface area contributed by atoms with Crippen LogP contribution in [0.25, 0.3) is 11.0 Å². The second kappa shape index (κ2) is 10.2. The largest absolute Gasteiger partial charge is 0.369 e. The number of aromatic nitrogens is 2. The first-order chi connectivity index (χ1) is 17.0. The second-order valence-electron chi connectivity index (χ2n) is 9.28. The standard InChI is InChI=1S/C26H31FN6OS/c1-15(16-4-7-18(27)8-5-16)31-25(34)20-3-2-12-29-24(20)30-14-19-9-11-23(35-19)17-6-10-21-22(13-17)33-26(28)32-21/h2-3,6-7,9-10,13,15-16,23,29-30H,4-5,8,11-12,14H2,1H3,(H,31,34)(H3,28,32,33)/t15-,16-,23-/m0/s1. The summed E-state index contributed by atoms with van der Waals surface area (Å²) in [5.74, 6) is 1.27. The van der Waals surface area contributed by atoms with Crippen LogP contribution in [0.15, 0.2) is 64.6 Å². The highest BCUT2D eigenvalue weighted by atomic mass is 32.2. The molecule has 2 aliphatic heterocycles. The van der Waals surface area contributed by atoms with E-state index in [0.717, 1.165) is 29.7 Å². The van der Waals surface area contributed by atoms with Crippen LogP contribution in [0.4, 0.5) is 10.3 Å². The molecule has 6 N–H and O–H groups in total. The summed E-state index contributed by atoms with van der Waals surface area (Å²) in [6, 6.07) is 6.22. The lowest BCUT2D eigenvalue weighted by atomic mass is 9.88. The SMILES string of the molecule is C[C@H](NC(=O)C1=C(NCC2=CC[C@@H](c3ccc4nc(N)[nH]c4c3)S2)NCC=C1)[C@H]1CC=C(F)CC1. The lowest BCUT2D eigenvalue weighted by molar-refractivity contribution is -0.118. The van der Waals surface area contributed by atoms with Gasteiger partial charge in [0.2, 0.25) is 0 Å². The van der Waals surface area contributed by atoms with Gasteiger partial charge < -0.3 is 26.7 Å². The minimum atomic E-state index is -0.114. The van der Waals surface area contributed by atoms with Gasteiger partial charge in [0.05, 0.1) is 22.4 Å². The number of rotatable bonds is 7. The maximum atomic E-state index is 13.3. The fourth-order valence-electron chi connectivity index (χ4n) is 4.80. The van der Waals surface area contributed by atoms with E-state index in [-0.39, 0.29) is 23.7 Å². The summed E-state index contributed by atoms with van der Waals surface area (Å²) < 4.78 is 13.3. The Bertz CT molecular complexity index is 1250. The molecule has 0 radical (unpaired) electrons. The molecule has 35 heavy (non-hydrogen) atoms. The molecule has 0 bridgehead atoms. The van der Waals surface area contributed by atoms with Crippen LogP contribution in [0.3, 0.4) is 0 Å².